The van der Waals surface area contributed by atoms with Crippen molar-refractivity contribution in [3.63, 3.8) is 0 Å². The molecule has 0 bridgehead atoms. The Kier molecular flexibility index (Phi) is 7.52. The van der Waals surface area contributed by atoms with Gasteiger partial charge in [-0.25, -0.2) is 10.2 Å². The van der Waals surface area contributed by atoms with E-state index < -0.39 is 5.97 Å². The summed E-state index contributed by atoms with van der Waals surface area (Å²) in [5, 5.41) is 9.28. The highest BCUT2D eigenvalue weighted by Crippen LogP contribution is 2.22. The molecular weight excluding hydrogens is 498 g/mol. The molecule has 0 unspecified atom stereocenters. The summed E-state index contributed by atoms with van der Waals surface area (Å²) in [4.78, 5) is 24.3. The topological polar surface area (TPSA) is 92.9 Å². The van der Waals surface area contributed by atoms with Crippen molar-refractivity contribution in [1.29, 1.82) is 0 Å². The fraction of sp³-hybridized carbons (Fsp3) is 0.0385. The van der Waals surface area contributed by atoms with Gasteiger partial charge in [-0.3, -0.25) is 4.79 Å². The number of nitrogens with one attached hydrogen (secondary N) is 2. The highest BCUT2D eigenvalue weighted by Gasteiger charge is 2.08. The number of anilines is 1. The molecule has 34 heavy (non-hydrogen) atoms. The minimum Gasteiger partial charge on any atom is -0.465 e. The van der Waals surface area contributed by atoms with Gasteiger partial charge < -0.3 is 14.5 Å². The van der Waals surface area contributed by atoms with Gasteiger partial charge in [0.1, 0.15) is 11.5 Å². The number of hydrazone groups is 1. The van der Waals surface area contributed by atoms with Crippen LogP contribution in [-0.4, -0.2) is 24.6 Å². The molecule has 8 heteroatoms. The number of benzene rings is 3. The van der Waals surface area contributed by atoms with Gasteiger partial charge in [-0.15, -0.1) is 0 Å². The van der Waals surface area contributed by atoms with Crippen LogP contribution in [0.1, 0.15) is 11.3 Å². The fourth-order valence-corrected chi connectivity index (χ4v) is 3.47. The number of ether oxygens (including phenoxy) is 1. The van der Waals surface area contributed by atoms with Crippen LogP contribution in [0.5, 0.6) is 5.75 Å². The summed E-state index contributed by atoms with van der Waals surface area (Å²) in [7, 11) is 0. The first-order valence-electron chi connectivity index (χ1n) is 10.3. The average molecular weight is 518 g/mol. The molecule has 1 heterocycles. The van der Waals surface area contributed by atoms with Crippen molar-refractivity contribution in [2.45, 2.75) is 0 Å². The molecule has 0 saturated heterocycles. The number of halogens is 1. The summed E-state index contributed by atoms with van der Waals surface area (Å²) in [5.41, 5.74) is 3.81. The van der Waals surface area contributed by atoms with Crippen molar-refractivity contribution < 1.29 is 18.7 Å². The Bertz CT molecular complexity index is 1360. The van der Waals surface area contributed by atoms with Gasteiger partial charge in [0.2, 0.25) is 0 Å². The standard InChI is InChI=1S/C26H20BrN3O4/c27-21-8-11-24(34-26(32)12-10-23-6-3-13-33-23)20(14-21)16-29-30-25(31)17-28-22-9-7-18-4-1-2-5-19(18)15-22/h1-16,28H,17H2,(H,30,31)/b12-10+,29-16-. The SMILES string of the molecule is O=C(CNc1ccc2ccccc2c1)N/N=C\c1cc(Br)ccc1OC(=O)/C=C/c1ccco1. The van der Waals surface area contributed by atoms with Gasteiger partial charge in [-0.1, -0.05) is 46.3 Å². The van der Waals surface area contributed by atoms with Crippen molar-refractivity contribution in [1.82, 2.24) is 5.43 Å². The third kappa shape index (κ3) is 6.43. The van der Waals surface area contributed by atoms with Crippen molar-refractivity contribution in [2.75, 3.05) is 11.9 Å². The first-order chi connectivity index (χ1) is 16.6. The molecule has 0 radical (unpaired) electrons. The van der Waals surface area contributed by atoms with E-state index in [1.807, 2.05) is 42.5 Å². The van der Waals surface area contributed by atoms with Crippen molar-refractivity contribution in [3.8, 4) is 5.75 Å². The lowest BCUT2D eigenvalue weighted by atomic mass is 10.1. The van der Waals surface area contributed by atoms with Crippen LogP contribution < -0.4 is 15.5 Å². The Balaban J connectivity index is 1.33. The summed E-state index contributed by atoms with van der Waals surface area (Å²) in [6.07, 6.45) is 5.71. The molecule has 0 aliphatic heterocycles. The van der Waals surface area contributed by atoms with Crippen LogP contribution in [0.25, 0.3) is 16.8 Å². The van der Waals surface area contributed by atoms with E-state index in [1.54, 1.807) is 30.3 Å². The van der Waals surface area contributed by atoms with Crippen molar-refractivity contribution in [2.24, 2.45) is 5.10 Å². The van der Waals surface area contributed by atoms with Crippen LogP contribution in [-0.2, 0) is 9.59 Å². The molecule has 0 aliphatic rings. The van der Waals surface area contributed by atoms with Crippen LogP contribution in [0, 0.1) is 0 Å². The highest BCUT2D eigenvalue weighted by molar-refractivity contribution is 9.10. The van der Waals surface area contributed by atoms with Crippen molar-refractivity contribution in [3.05, 3.63) is 101 Å². The molecule has 4 aromatic rings. The van der Waals surface area contributed by atoms with E-state index in [9.17, 15) is 9.59 Å². The molecule has 1 aromatic heterocycles. The normalized spacial score (nSPS) is 11.2. The van der Waals surface area contributed by atoms with E-state index in [0.717, 1.165) is 20.9 Å². The molecule has 1 amide bonds. The largest absolute Gasteiger partial charge is 0.465 e. The second-order valence-corrected chi connectivity index (χ2v) is 8.08. The molecule has 7 nitrogen and oxygen atoms in total. The smallest absolute Gasteiger partial charge is 0.336 e. The van der Waals surface area contributed by atoms with E-state index in [1.165, 1.54) is 24.6 Å². The first-order valence-corrected chi connectivity index (χ1v) is 11.1. The monoisotopic (exact) mass is 517 g/mol. The zero-order chi connectivity index (χ0) is 23.8. The van der Waals surface area contributed by atoms with Gasteiger partial charge in [-0.2, -0.15) is 5.10 Å². The minimum absolute atomic E-state index is 0.0492. The highest BCUT2D eigenvalue weighted by atomic mass is 79.9. The molecule has 170 valence electrons. The van der Waals surface area contributed by atoms with Crippen LogP contribution in [0.15, 0.2) is 99.1 Å². The lowest BCUT2D eigenvalue weighted by Gasteiger charge is -2.07. The van der Waals surface area contributed by atoms with E-state index in [2.05, 4.69) is 31.8 Å². The van der Waals surface area contributed by atoms with Gasteiger partial charge >= 0.3 is 5.97 Å². The summed E-state index contributed by atoms with van der Waals surface area (Å²) < 4.78 is 11.3. The predicted molar refractivity (Wildman–Crippen MR) is 136 cm³/mol. The number of hydrogen-bond acceptors (Lipinski definition) is 6. The van der Waals surface area contributed by atoms with E-state index in [-0.39, 0.29) is 12.5 Å². The minimum atomic E-state index is -0.572. The maximum Gasteiger partial charge on any atom is 0.336 e. The van der Waals surface area contributed by atoms with Gasteiger partial charge in [0.25, 0.3) is 5.91 Å². The second-order valence-electron chi connectivity index (χ2n) is 7.16. The maximum absolute atomic E-state index is 12.2. The molecule has 0 aliphatic carbocycles. The molecule has 2 N–H and O–H groups in total. The summed E-state index contributed by atoms with van der Waals surface area (Å²) in [6.45, 7) is 0.0492. The number of nitrogens with zero attached hydrogens (tertiary/aromatic N) is 1. The summed E-state index contributed by atoms with van der Waals surface area (Å²) in [5.74, 6) is -0.0598. The van der Waals surface area contributed by atoms with Gasteiger partial charge in [0.05, 0.1) is 19.0 Å². The zero-order valence-electron chi connectivity index (χ0n) is 17.9. The first kappa shape index (κ1) is 23.0. The molecule has 4 rings (SSSR count). The average Bonchev–Trinajstić information content (AvgIpc) is 3.37. The zero-order valence-corrected chi connectivity index (χ0v) is 19.5. The van der Waals surface area contributed by atoms with E-state index in [4.69, 9.17) is 9.15 Å². The van der Waals surface area contributed by atoms with Crippen molar-refractivity contribution >= 4 is 56.6 Å². The Morgan fingerprint density at radius 2 is 1.85 bits per heavy atom. The van der Waals surface area contributed by atoms with E-state index in [0.29, 0.717) is 17.1 Å². The maximum atomic E-state index is 12.2. The third-order valence-corrected chi connectivity index (χ3v) is 5.20. The van der Waals surface area contributed by atoms with Gasteiger partial charge in [0, 0.05) is 21.8 Å². The molecule has 3 aromatic carbocycles. The number of esters is 1. The lowest BCUT2D eigenvalue weighted by Crippen LogP contribution is -2.25. The number of rotatable bonds is 8. The molecular formula is C26H20BrN3O4. The third-order valence-electron chi connectivity index (χ3n) is 4.70. The van der Waals surface area contributed by atoms with Crippen LogP contribution in [0.3, 0.4) is 0 Å². The number of fused-ring (bicyclic) bond motifs is 1. The number of hydrogen-bond donors (Lipinski definition) is 2. The number of carbonyl (C=O) groups is 2. The Labute approximate surface area is 204 Å². The number of furan rings is 1. The van der Waals surface area contributed by atoms with Gasteiger partial charge in [0.15, 0.2) is 0 Å². The number of amides is 1. The molecule has 0 atom stereocenters. The second kappa shape index (κ2) is 11.1. The molecule has 0 spiro atoms. The quantitative estimate of drug-likeness (QED) is 0.108. The van der Waals surface area contributed by atoms with Crippen LogP contribution in [0.4, 0.5) is 5.69 Å². The Morgan fingerprint density at radius 1 is 1.00 bits per heavy atom. The molecule has 0 saturated carbocycles. The predicted octanol–water partition coefficient (Wildman–Crippen LogP) is 5.38. The van der Waals surface area contributed by atoms with Crippen LogP contribution >= 0.6 is 15.9 Å². The number of carbonyl (C=O) groups excluding carboxylic acids is 2. The molecule has 0 fully saturated rings. The Morgan fingerprint density at radius 3 is 2.68 bits per heavy atom. The summed E-state index contributed by atoms with van der Waals surface area (Å²) in [6, 6.07) is 22.4. The fourth-order valence-electron chi connectivity index (χ4n) is 3.09. The summed E-state index contributed by atoms with van der Waals surface area (Å²) >= 11 is 3.38. The van der Waals surface area contributed by atoms with Gasteiger partial charge in [-0.05, 0) is 59.3 Å². The lowest BCUT2D eigenvalue weighted by molar-refractivity contribution is -0.129. The van der Waals surface area contributed by atoms with Crippen LogP contribution in [0.2, 0.25) is 0 Å². The Hall–Kier alpha value is -4.17. The van der Waals surface area contributed by atoms with E-state index >= 15 is 0 Å².